The van der Waals surface area contributed by atoms with Crippen LogP contribution in [0.1, 0.15) is 31.2 Å². The summed E-state index contributed by atoms with van der Waals surface area (Å²) in [5, 5.41) is 9.36. The van der Waals surface area contributed by atoms with Crippen molar-refractivity contribution in [2.45, 2.75) is 42.2 Å². The minimum Gasteiger partial charge on any atom is -0.480 e. The SMILES string of the molecule is Cc1ccc(SC2(C(=O)O)CCCC2)cc1. The third kappa shape index (κ3) is 2.24. The van der Waals surface area contributed by atoms with Crippen LogP contribution in [0, 0.1) is 6.92 Å². The second-order valence-corrected chi connectivity index (χ2v) is 5.88. The van der Waals surface area contributed by atoms with Gasteiger partial charge in [-0.1, -0.05) is 30.5 Å². The number of aliphatic carboxylic acids is 1. The lowest BCUT2D eigenvalue weighted by Crippen LogP contribution is -2.31. The van der Waals surface area contributed by atoms with E-state index in [4.69, 9.17) is 0 Å². The molecule has 0 radical (unpaired) electrons. The maximum atomic E-state index is 11.4. The van der Waals surface area contributed by atoms with E-state index in [1.54, 1.807) is 0 Å². The van der Waals surface area contributed by atoms with E-state index in [9.17, 15) is 9.90 Å². The Bertz CT molecular complexity index is 377. The molecule has 1 aromatic rings. The first-order chi connectivity index (χ1) is 7.62. The predicted molar refractivity (Wildman–Crippen MR) is 65.9 cm³/mol. The molecule has 0 heterocycles. The molecule has 16 heavy (non-hydrogen) atoms. The highest BCUT2D eigenvalue weighted by Crippen LogP contribution is 2.45. The van der Waals surface area contributed by atoms with Gasteiger partial charge in [0.1, 0.15) is 4.75 Å². The summed E-state index contributed by atoms with van der Waals surface area (Å²) in [4.78, 5) is 12.4. The van der Waals surface area contributed by atoms with Crippen molar-refractivity contribution in [3.05, 3.63) is 29.8 Å². The Hall–Kier alpha value is -0.960. The minimum absolute atomic E-state index is 0.574. The van der Waals surface area contributed by atoms with Gasteiger partial charge in [-0.25, -0.2) is 0 Å². The van der Waals surface area contributed by atoms with E-state index < -0.39 is 10.7 Å². The van der Waals surface area contributed by atoms with Gasteiger partial charge in [-0.15, -0.1) is 11.8 Å². The van der Waals surface area contributed by atoms with Crippen molar-refractivity contribution < 1.29 is 9.90 Å². The van der Waals surface area contributed by atoms with Gasteiger partial charge in [0, 0.05) is 4.90 Å². The Balaban J connectivity index is 2.18. The molecule has 2 nitrogen and oxygen atoms in total. The van der Waals surface area contributed by atoms with E-state index in [1.165, 1.54) is 17.3 Å². The molecule has 0 aliphatic heterocycles. The molecule has 0 spiro atoms. The summed E-state index contributed by atoms with van der Waals surface area (Å²) in [5.74, 6) is -0.657. The van der Waals surface area contributed by atoms with Gasteiger partial charge in [0.2, 0.25) is 0 Å². The maximum absolute atomic E-state index is 11.4. The van der Waals surface area contributed by atoms with Gasteiger partial charge in [-0.3, -0.25) is 4.79 Å². The van der Waals surface area contributed by atoms with E-state index >= 15 is 0 Å². The summed E-state index contributed by atoms with van der Waals surface area (Å²) in [6.07, 6.45) is 3.65. The molecule has 2 rings (SSSR count). The number of rotatable bonds is 3. The first-order valence-corrected chi connectivity index (χ1v) is 6.43. The normalized spacial score (nSPS) is 18.6. The average molecular weight is 236 g/mol. The molecule has 1 aromatic carbocycles. The summed E-state index contributed by atoms with van der Waals surface area (Å²) in [6.45, 7) is 2.04. The third-order valence-electron chi connectivity index (χ3n) is 3.14. The van der Waals surface area contributed by atoms with Crippen LogP contribution >= 0.6 is 11.8 Å². The monoisotopic (exact) mass is 236 g/mol. The van der Waals surface area contributed by atoms with E-state index in [0.717, 1.165) is 30.6 Å². The van der Waals surface area contributed by atoms with E-state index in [1.807, 2.05) is 31.2 Å². The zero-order chi connectivity index (χ0) is 11.6. The van der Waals surface area contributed by atoms with Gasteiger partial charge in [0.15, 0.2) is 0 Å². The molecular weight excluding hydrogens is 220 g/mol. The molecule has 0 bridgehead atoms. The van der Waals surface area contributed by atoms with Gasteiger partial charge in [0.25, 0.3) is 0 Å². The number of aryl methyl sites for hydroxylation is 1. The lowest BCUT2D eigenvalue weighted by atomic mass is 10.1. The van der Waals surface area contributed by atoms with Crippen LogP contribution in [0.5, 0.6) is 0 Å². The Kier molecular flexibility index (Phi) is 3.24. The van der Waals surface area contributed by atoms with E-state index in [0.29, 0.717) is 0 Å². The van der Waals surface area contributed by atoms with Crippen molar-refractivity contribution in [2.75, 3.05) is 0 Å². The molecule has 0 atom stereocenters. The second-order valence-electron chi connectivity index (χ2n) is 4.42. The Morgan fingerprint density at radius 3 is 2.31 bits per heavy atom. The summed E-state index contributed by atoms with van der Waals surface area (Å²) in [7, 11) is 0. The smallest absolute Gasteiger partial charge is 0.320 e. The summed E-state index contributed by atoms with van der Waals surface area (Å²) in [6, 6.07) is 8.10. The van der Waals surface area contributed by atoms with E-state index in [2.05, 4.69) is 0 Å². The van der Waals surface area contributed by atoms with Crippen molar-refractivity contribution in [1.29, 1.82) is 0 Å². The van der Waals surface area contributed by atoms with Crippen LogP contribution in [0.4, 0.5) is 0 Å². The van der Waals surface area contributed by atoms with Crippen LogP contribution in [0.25, 0.3) is 0 Å². The first-order valence-electron chi connectivity index (χ1n) is 5.61. The number of carboxylic acid groups (broad SMARTS) is 1. The number of carbonyl (C=O) groups is 1. The molecule has 86 valence electrons. The predicted octanol–water partition coefficient (Wildman–Crippen LogP) is 3.48. The topological polar surface area (TPSA) is 37.3 Å². The number of carboxylic acids is 1. The van der Waals surface area contributed by atoms with Crippen LogP contribution in [-0.2, 0) is 4.79 Å². The summed E-state index contributed by atoms with van der Waals surface area (Å²) < 4.78 is -0.574. The highest BCUT2D eigenvalue weighted by atomic mass is 32.2. The van der Waals surface area contributed by atoms with Crippen LogP contribution < -0.4 is 0 Å². The fourth-order valence-corrected chi connectivity index (χ4v) is 3.44. The molecule has 0 saturated heterocycles. The Labute approximate surface area is 100 Å². The minimum atomic E-state index is -0.657. The maximum Gasteiger partial charge on any atom is 0.320 e. The molecule has 1 fully saturated rings. The van der Waals surface area contributed by atoms with Crippen molar-refractivity contribution in [3.63, 3.8) is 0 Å². The lowest BCUT2D eigenvalue weighted by Gasteiger charge is -2.22. The Morgan fingerprint density at radius 1 is 1.25 bits per heavy atom. The van der Waals surface area contributed by atoms with Crippen molar-refractivity contribution >= 4 is 17.7 Å². The number of hydrogen-bond donors (Lipinski definition) is 1. The quantitative estimate of drug-likeness (QED) is 0.873. The number of hydrogen-bond acceptors (Lipinski definition) is 2. The standard InChI is InChI=1S/C13H16O2S/c1-10-4-6-11(7-5-10)16-13(12(14)15)8-2-3-9-13/h4-7H,2-3,8-9H2,1H3,(H,14,15). The summed E-state index contributed by atoms with van der Waals surface area (Å²) in [5.41, 5.74) is 1.21. The van der Waals surface area contributed by atoms with Crippen LogP contribution in [0.2, 0.25) is 0 Å². The van der Waals surface area contributed by atoms with Gasteiger partial charge < -0.3 is 5.11 Å². The molecule has 1 aliphatic carbocycles. The van der Waals surface area contributed by atoms with Crippen molar-refractivity contribution in [2.24, 2.45) is 0 Å². The zero-order valence-electron chi connectivity index (χ0n) is 9.40. The third-order valence-corrected chi connectivity index (χ3v) is 4.62. The highest BCUT2D eigenvalue weighted by Gasteiger charge is 2.42. The summed E-state index contributed by atoms with van der Waals surface area (Å²) >= 11 is 1.52. The molecule has 1 aliphatic rings. The van der Waals surface area contributed by atoms with Crippen LogP contribution in [0.3, 0.4) is 0 Å². The molecular formula is C13H16O2S. The Morgan fingerprint density at radius 2 is 1.81 bits per heavy atom. The molecule has 1 saturated carbocycles. The van der Waals surface area contributed by atoms with E-state index in [-0.39, 0.29) is 0 Å². The molecule has 3 heteroatoms. The zero-order valence-corrected chi connectivity index (χ0v) is 10.2. The number of thioether (sulfide) groups is 1. The lowest BCUT2D eigenvalue weighted by molar-refractivity contribution is -0.139. The second kappa shape index (κ2) is 4.50. The molecule has 0 aromatic heterocycles. The molecule has 0 unspecified atom stereocenters. The van der Waals surface area contributed by atoms with Crippen molar-refractivity contribution in [1.82, 2.24) is 0 Å². The largest absolute Gasteiger partial charge is 0.480 e. The number of benzene rings is 1. The van der Waals surface area contributed by atoms with Gasteiger partial charge in [-0.2, -0.15) is 0 Å². The van der Waals surface area contributed by atoms with Gasteiger partial charge in [0.05, 0.1) is 0 Å². The molecule has 0 amide bonds. The van der Waals surface area contributed by atoms with Crippen LogP contribution in [0.15, 0.2) is 29.2 Å². The van der Waals surface area contributed by atoms with Crippen LogP contribution in [-0.4, -0.2) is 15.8 Å². The van der Waals surface area contributed by atoms with Crippen molar-refractivity contribution in [3.8, 4) is 0 Å². The fraction of sp³-hybridized carbons (Fsp3) is 0.462. The first kappa shape index (κ1) is 11.5. The van der Waals surface area contributed by atoms with Gasteiger partial charge >= 0.3 is 5.97 Å². The average Bonchev–Trinajstić information content (AvgIpc) is 2.71. The molecule has 1 N–H and O–H groups in total. The fourth-order valence-electron chi connectivity index (χ4n) is 2.14. The van der Waals surface area contributed by atoms with Gasteiger partial charge in [-0.05, 0) is 31.9 Å². The highest BCUT2D eigenvalue weighted by molar-refractivity contribution is 8.01.